The molecule has 1 unspecified atom stereocenters. The van der Waals surface area contributed by atoms with Crippen LogP contribution in [0.2, 0.25) is 0 Å². The highest BCUT2D eigenvalue weighted by Crippen LogP contribution is 2.27. The van der Waals surface area contributed by atoms with Gasteiger partial charge in [-0.25, -0.2) is 0 Å². The summed E-state index contributed by atoms with van der Waals surface area (Å²) in [5.41, 5.74) is 12.7. The largest absolute Gasteiger partial charge is 0.324 e. The Labute approximate surface area is 124 Å². The third kappa shape index (κ3) is 3.26. The molecule has 0 aromatic heterocycles. The molecule has 0 aliphatic heterocycles. The van der Waals surface area contributed by atoms with E-state index in [0.29, 0.717) is 0 Å². The van der Waals surface area contributed by atoms with Crippen LogP contribution in [0.15, 0.2) is 40.9 Å². The number of hydrogen-bond donors (Lipinski definition) is 1. The van der Waals surface area contributed by atoms with Crippen molar-refractivity contribution in [3.8, 4) is 0 Å². The summed E-state index contributed by atoms with van der Waals surface area (Å²) in [5.74, 6) is 0. The summed E-state index contributed by atoms with van der Waals surface area (Å²) >= 11 is 3.64. The average Bonchev–Trinajstić information content (AvgIpc) is 2.37. The Bertz CT molecular complexity index is 590. The Morgan fingerprint density at radius 3 is 2.42 bits per heavy atom. The van der Waals surface area contributed by atoms with Crippen molar-refractivity contribution in [2.45, 2.75) is 33.2 Å². The molecule has 1 nitrogen and oxygen atoms in total. The zero-order valence-electron chi connectivity index (χ0n) is 11.7. The standard InChI is InChI=1S/C17H20BrN/c1-11-7-8-14(9-13(11)3)10-16(19)15-6-4-5-12(2)17(15)18/h4-9,16H,10,19H2,1-3H3. The normalized spacial score (nSPS) is 12.5. The predicted octanol–water partition coefficient (Wildman–Crippen LogP) is 4.62. The van der Waals surface area contributed by atoms with Crippen molar-refractivity contribution in [2.75, 3.05) is 0 Å². The molecule has 2 N–H and O–H groups in total. The van der Waals surface area contributed by atoms with Gasteiger partial charge < -0.3 is 5.73 Å². The molecular weight excluding hydrogens is 298 g/mol. The smallest absolute Gasteiger partial charge is 0.0347 e. The molecule has 2 rings (SSSR count). The molecule has 0 heterocycles. The lowest BCUT2D eigenvalue weighted by Gasteiger charge is -2.16. The molecule has 0 spiro atoms. The van der Waals surface area contributed by atoms with Crippen molar-refractivity contribution < 1.29 is 0 Å². The molecule has 0 saturated carbocycles. The summed E-state index contributed by atoms with van der Waals surface area (Å²) in [6, 6.07) is 12.9. The van der Waals surface area contributed by atoms with E-state index in [1.165, 1.54) is 27.8 Å². The van der Waals surface area contributed by atoms with Crippen molar-refractivity contribution in [1.82, 2.24) is 0 Å². The van der Waals surface area contributed by atoms with Crippen molar-refractivity contribution in [1.29, 1.82) is 0 Å². The van der Waals surface area contributed by atoms with Gasteiger partial charge in [0, 0.05) is 10.5 Å². The lowest BCUT2D eigenvalue weighted by Crippen LogP contribution is -2.14. The number of rotatable bonds is 3. The molecule has 1 atom stereocenters. The SMILES string of the molecule is Cc1ccc(CC(N)c2cccc(C)c2Br)cc1C. The van der Waals surface area contributed by atoms with Crippen LogP contribution in [0.5, 0.6) is 0 Å². The monoisotopic (exact) mass is 317 g/mol. The third-order valence-corrected chi connectivity index (χ3v) is 4.73. The minimum Gasteiger partial charge on any atom is -0.324 e. The summed E-state index contributed by atoms with van der Waals surface area (Å²) in [4.78, 5) is 0. The van der Waals surface area contributed by atoms with E-state index in [9.17, 15) is 0 Å². The fourth-order valence-electron chi connectivity index (χ4n) is 2.25. The number of benzene rings is 2. The third-order valence-electron chi connectivity index (χ3n) is 3.65. The molecule has 0 bridgehead atoms. The van der Waals surface area contributed by atoms with E-state index in [4.69, 9.17) is 5.73 Å². The van der Waals surface area contributed by atoms with E-state index < -0.39 is 0 Å². The molecule has 0 fully saturated rings. The van der Waals surface area contributed by atoms with Gasteiger partial charge in [0.25, 0.3) is 0 Å². The van der Waals surface area contributed by atoms with Crippen molar-refractivity contribution >= 4 is 15.9 Å². The van der Waals surface area contributed by atoms with Crippen molar-refractivity contribution in [2.24, 2.45) is 5.73 Å². The Kier molecular flexibility index (Phi) is 4.43. The molecule has 19 heavy (non-hydrogen) atoms. The number of halogens is 1. The van der Waals surface area contributed by atoms with Gasteiger partial charge in [-0.2, -0.15) is 0 Å². The molecule has 0 saturated heterocycles. The van der Waals surface area contributed by atoms with Crippen LogP contribution < -0.4 is 5.73 Å². The molecule has 2 heteroatoms. The Hall–Kier alpha value is -1.12. The van der Waals surface area contributed by atoms with Crippen molar-refractivity contribution in [3.05, 3.63) is 68.7 Å². The van der Waals surface area contributed by atoms with Gasteiger partial charge >= 0.3 is 0 Å². The number of hydrogen-bond acceptors (Lipinski definition) is 1. The summed E-state index contributed by atoms with van der Waals surface area (Å²) in [5, 5.41) is 0. The van der Waals surface area contributed by atoms with Crippen LogP contribution in [0.4, 0.5) is 0 Å². The molecule has 2 aromatic carbocycles. The quantitative estimate of drug-likeness (QED) is 0.878. The topological polar surface area (TPSA) is 26.0 Å². The van der Waals surface area contributed by atoms with E-state index in [1.807, 2.05) is 0 Å². The first kappa shape index (κ1) is 14.3. The summed E-state index contributed by atoms with van der Waals surface area (Å²) in [6.45, 7) is 6.37. The van der Waals surface area contributed by atoms with Gasteiger partial charge in [-0.3, -0.25) is 0 Å². The molecule has 100 valence electrons. The van der Waals surface area contributed by atoms with Gasteiger partial charge in [0.1, 0.15) is 0 Å². The van der Waals surface area contributed by atoms with Gasteiger partial charge in [0.2, 0.25) is 0 Å². The minimum absolute atomic E-state index is 0.0244. The van der Waals surface area contributed by atoms with Crippen LogP contribution in [0.25, 0.3) is 0 Å². The van der Waals surface area contributed by atoms with E-state index in [-0.39, 0.29) is 6.04 Å². The Morgan fingerprint density at radius 1 is 1.00 bits per heavy atom. The van der Waals surface area contributed by atoms with E-state index in [1.54, 1.807) is 0 Å². The van der Waals surface area contributed by atoms with Crippen LogP contribution in [0.3, 0.4) is 0 Å². The second-order valence-corrected chi connectivity index (χ2v) is 6.00. The molecule has 0 amide bonds. The van der Waals surface area contributed by atoms with Gasteiger partial charge in [-0.1, -0.05) is 52.3 Å². The fourth-order valence-corrected chi connectivity index (χ4v) is 2.81. The number of aryl methyl sites for hydroxylation is 3. The van der Waals surface area contributed by atoms with E-state index in [2.05, 4.69) is 73.1 Å². The van der Waals surface area contributed by atoms with Gasteiger partial charge in [0.15, 0.2) is 0 Å². The van der Waals surface area contributed by atoms with Crippen molar-refractivity contribution in [3.63, 3.8) is 0 Å². The molecule has 0 radical (unpaired) electrons. The van der Waals surface area contributed by atoms with Gasteiger partial charge in [0.05, 0.1) is 0 Å². The maximum Gasteiger partial charge on any atom is 0.0347 e. The lowest BCUT2D eigenvalue weighted by atomic mass is 9.96. The van der Waals surface area contributed by atoms with Crippen LogP contribution in [0.1, 0.15) is 33.9 Å². The highest BCUT2D eigenvalue weighted by molar-refractivity contribution is 9.10. The zero-order chi connectivity index (χ0) is 14.0. The highest BCUT2D eigenvalue weighted by Gasteiger charge is 2.12. The Balaban J connectivity index is 2.23. The van der Waals surface area contributed by atoms with Crippen LogP contribution in [-0.4, -0.2) is 0 Å². The summed E-state index contributed by atoms with van der Waals surface area (Å²) in [7, 11) is 0. The highest BCUT2D eigenvalue weighted by atomic mass is 79.9. The maximum absolute atomic E-state index is 6.35. The van der Waals surface area contributed by atoms with Crippen LogP contribution in [0, 0.1) is 20.8 Å². The summed E-state index contributed by atoms with van der Waals surface area (Å²) < 4.78 is 1.13. The molecule has 0 aliphatic carbocycles. The van der Waals surface area contributed by atoms with E-state index in [0.717, 1.165) is 10.9 Å². The first-order chi connectivity index (χ1) is 8.99. The van der Waals surface area contributed by atoms with Gasteiger partial charge in [-0.05, 0) is 55.0 Å². The minimum atomic E-state index is 0.0244. The average molecular weight is 318 g/mol. The summed E-state index contributed by atoms with van der Waals surface area (Å²) in [6.07, 6.45) is 0.864. The predicted molar refractivity (Wildman–Crippen MR) is 85.4 cm³/mol. The fraction of sp³-hybridized carbons (Fsp3) is 0.294. The molecule has 0 aliphatic rings. The second-order valence-electron chi connectivity index (χ2n) is 5.21. The lowest BCUT2D eigenvalue weighted by molar-refractivity contribution is 0.717. The maximum atomic E-state index is 6.35. The van der Waals surface area contributed by atoms with E-state index >= 15 is 0 Å². The first-order valence-electron chi connectivity index (χ1n) is 6.55. The van der Waals surface area contributed by atoms with Crippen LogP contribution in [-0.2, 0) is 6.42 Å². The Morgan fingerprint density at radius 2 is 1.74 bits per heavy atom. The van der Waals surface area contributed by atoms with Gasteiger partial charge in [-0.15, -0.1) is 0 Å². The number of nitrogens with two attached hydrogens (primary N) is 1. The molecule has 2 aromatic rings. The molecular formula is C17H20BrN. The van der Waals surface area contributed by atoms with Crippen LogP contribution >= 0.6 is 15.9 Å². The zero-order valence-corrected chi connectivity index (χ0v) is 13.3. The first-order valence-corrected chi connectivity index (χ1v) is 7.35. The second kappa shape index (κ2) is 5.89.